The predicted octanol–water partition coefficient (Wildman–Crippen LogP) is 4.75. The highest BCUT2D eigenvalue weighted by Gasteiger charge is 2.29. The summed E-state index contributed by atoms with van der Waals surface area (Å²) < 4.78 is 16.4. The van der Waals surface area contributed by atoms with Crippen molar-refractivity contribution in [3.63, 3.8) is 0 Å². The summed E-state index contributed by atoms with van der Waals surface area (Å²) in [5.74, 6) is 1.65. The third kappa shape index (κ3) is 3.32. The van der Waals surface area contributed by atoms with E-state index in [4.69, 9.17) is 24.2 Å². The molecule has 7 nitrogen and oxygen atoms in total. The number of aromatic nitrogens is 2. The fourth-order valence-corrected chi connectivity index (χ4v) is 5.03. The van der Waals surface area contributed by atoms with Crippen molar-refractivity contribution < 1.29 is 19.0 Å². The Kier molecular flexibility index (Phi) is 5.33. The Morgan fingerprint density at radius 1 is 1.03 bits per heavy atom. The van der Waals surface area contributed by atoms with Gasteiger partial charge in [0, 0.05) is 41.7 Å². The van der Waals surface area contributed by atoms with Crippen molar-refractivity contribution in [3.8, 4) is 22.6 Å². The van der Waals surface area contributed by atoms with Crippen LogP contribution in [-0.2, 0) is 11.3 Å². The lowest BCUT2D eigenvalue weighted by Gasteiger charge is -2.27. The van der Waals surface area contributed by atoms with Crippen LogP contribution in [0.4, 0.5) is 5.95 Å². The quantitative estimate of drug-likeness (QED) is 0.519. The maximum Gasteiger partial charge on any atom is 0.339 e. The fraction of sp³-hybridized carbons (Fsp3) is 0.400. The molecule has 2 heterocycles. The molecule has 5 rings (SSSR count). The number of fused-ring (bicyclic) bond motifs is 2. The number of benzene rings is 2. The van der Waals surface area contributed by atoms with Crippen LogP contribution in [0.1, 0.15) is 48.5 Å². The number of anilines is 1. The number of carbonyl (C=O) groups is 1. The van der Waals surface area contributed by atoms with Crippen molar-refractivity contribution in [2.75, 3.05) is 25.7 Å². The summed E-state index contributed by atoms with van der Waals surface area (Å²) in [5, 5.41) is 1.82. The molecule has 1 aliphatic carbocycles. The predicted molar refractivity (Wildman–Crippen MR) is 122 cm³/mol. The zero-order chi connectivity index (χ0) is 22.2. The van der Waals surface area contributed by atoms with Gasteiger partial charge in [0.2, 0.25) is 5.95 Å². The Bertz CT molecular complexity index is 1170. The molecule has 2 aromatic carbocycles. The van der Waals surface area contributed by atoms with Crippen molar-refractivity contribution in [2.24, 2.45) is 0 Å². The van der Waals surface area contributed by atoms with Crippen molar-refractivity contribution >= 4 is 22.7 Å². The highest BCUT2D eigenvalue weighted by molar-refractivity contribution is 6.11. The van der Waals surface area contributed by atoms with Crippen LogP contribution in [0.2, 0.25) is 0 Å². The van der Waals surface area contributed by atoms with Gasteiger partial charge in [-0.2, -0.15) is 0 Å². The van der Waals surface area contributed by atoms with E-state index in [0.717, 1.165) is 40.0 Å². The smallest absolute Gasteiger partial charge is 0.339 e. The number of esters is 1. The first kappa shape index (κ1) is 20.5. The van der Waals surface area contributed by atoms with Crippen LogP contribution in [0.15, 0.2) is 30.6 Å². The highest BCUT2D eigenvalue weighted by atomic mass is 16.5. The van der Waals surface area contributed by atoms with Gasteiger partial charge < -0.3 is 19.1 Å². The average molecular weight is 434 g/mol. The minimum atomic E-state index is -0.322. The van der Waals surface area contributed by atoms with Gasteiger partial charge in [-0.3, -0.25) is 0 Å². The summed E-state index contributed by atoms with van der Waals surface area (Å²) >= 11 is 0. The molecule has 1 aromatic heterocycles. The second-order valence-electron chi connectivity index (χ2n) is 8.29. The van der Waals surface area contributed by atoms with Crippen LogP contribution in [0, 0.1) is 0 Å². The minimum Gasteiger partial charge on any atom is -0.493 e. The third-order valence-electron chi connectivity index (χ3n) is 6.58. The van der Waals surface area contributed by atoms with Gasteiger partial charge in [-0.1, -0.05) is 12.8 Å². The molecule has 0 amide bonds. The molecule has 7 heteroatoms. The molecule has 0 spiro atoms. The van der Waals surface area contributed by atoms with E-state index in [9.17, 15) is 4.79 Å². The van der Waals surface area contributed by atoms with Gasteiger partial charge in [-0.25, -0.2) is 14.8 Å². The molecule has 2 aliphatic rings. The standard InChI is InChI=1S/C25H27N3O4/c1-4-28(18-7-5-6-8-18)25-26-12-17(13-27-25)22-19-11-21(31-3)20(30-2)10-15(19)9-16-14-32-24(29)23(16)22/h9-13,18H,4-8,14H2,1-3H3. The molecular formula is C25H27N3O4. The van der Waals surface area contributed by atoms with E-state index in [1.807, 2.05) is 30.6 Å². The largest absolute Gasteiger partial charge is 0.493 e. The molecule has 1 saturated carbocycles. The summed E-state index contributed by atoms with van der Waals surface area (Å²) in [4.78, 5) is 24.4. The van der Waals surface area contributed by atoms with Gasteiger partial charge in [0.25, 0.3) is 0 Å². The monoisotopic (exact) mass is 433 g/mol. The Balaban J connectivity index is 1.66. The molecule has 1 fully saturated rings. The Morgan fingerprint density at radius 3 is 2.38 bits per heavy atom. The molecule has 0 unspecified atom stereocenters. The van der Waals surface area contributed by atoms with Gasteiger partial charge in [-0.05, 0) is 48.7 Å². The minimum absolute atomic E-state index is 0.260. The van der Waals surface area contributed by atoms with E-state index in [1.165, 1.54) is 25.7 Å². The van der Waals surface area contributed by atoms with E-state index >= 15 is 0 Å². The number of nitrogens with zero attached hydrogens (tertiary/aromatic N) is 3. The third-order valence-corrected chi connectivity index (χ3v) is 6.58. The number of methoxy groups -OCH3 is 2. The van der Waals surface area contributed by atoms with E-state index in [1.54, 1.807) is 14.2 Å². The first-order chi connectivity index (χ1) is 15.6. The number of hydrogen-bond donors (Lipinski definition) is 0. The molecule has 0 N–H and O–H groups in total. The maximum absolute atomic E-state index is 12.6. The number of carbonyl (C=O) groups excluding carboxylic acids is 1. The van der Waals surface area contributed by atoms with Crippen LogP contribution in [0.5, 0.6) is 11.5 Å². The highest BCUT2D eigenvalue weighted by Crippen LogP contribution is 2.42. The van der Waals surface area contributed by atoms with Crippen LogP contribution in [0.25, 0.3) is 21.9 Å². The Morgan fingerprint density at radius 2 is 1.72 bits per heavy atom. The number of ether oxygens (including phenoxy) is 3. The van der Waals surface area contributed by atoms with E-state index < -0.39 is 0 Å². The normalized spacial score (nSPS) is 15.7. The summed E-state index contributed by atoms with van der Waals surface area (Å²) in [7, 11) is 3.21. The van der Waals surface area contributed by atoms with Gasteiger partial charge in [-0.15, -0.1) is 0 Å². The van der Waals surface area contributed by atoms with Crippen LogP contribution in [-0.4, -0.2) is 42.7 Å². The SMILES string of the molecule is CCN(c1ncc(-c2c3c(cc4cc(OC)c(OC)cc24)COC3=O)cn1)C1CCCC1. The van der Waals surface area contributed by atoms with Gasteiger partial charge in [0.05, 0.1) is 19.8 Å². The lowest BCUT2D eigenvalue weighted by molar-refractivity contribution is 0.0535. The van der Waals surface area contributed by atoms with Gasteiger partial charge in [0.1, 0.15) is 6.61 Å². The van der Waals surface area contributed by atoms with E-state index in [0.29, 0.717) is 23.1 Å². The van der Waals surface area contributed by atoms with Crippen LogP contribution >= 0.6 is 0 Å². The summed E-state index contributed by atoms with van der Waals surface area (Å²) in [6.45, 7) is 3.27. The van der Waals surface area contributed by atoms with E-state index in [-0.39, 0.29) is 12.6 Å². The molecular weight excluding hydrogens is 406 g/mol. The zero-order valence-corrected chi connectivity index (χ0v) is 18.7. The van der Waals surface area contributed by atoms with Crippen molar-refractivity contribution in [3.05, 3.63) is 41.7 Å². The molecule has 3 aromatic rings. The first-order valence-corrected chi connectivity index (χ1v) is 11.1. The second kappa shape index (κ2) is 8.30. The molecule has 1 aliphatic heterocycles. The Labute approximate surface area is 187 Å². The van der Waals surface area contributed by atoms with Gasteiger partial charge in [0.15, 0.2) is 11.5 Å². The number of hydrogen-bond acceptors (Lipinski definition) is 7. The van der Waals surface area contributed by atoms with Crippen LogP contribution < -0.4 is 14.4 Å². The maximum atomic E-state index is 12.6. The van der Waals surface area contributed by atoms with Crippen molar-refractivity contribution in [2.45, 2.75) is 45.3 Å². The molecule has 0 atom stereocenters. The lowest BCUT2D eigenvalue weighted by atomic mass is 9.91. The van der Waals surface area contributed by atoms with E-state index in [2.05, 4.69) is 11.8 Å². The molecule has 32 heavy (non-hydrogen) atoms. The second-order valence-corrected chi connectivity index (χ2v) is 8.29. The first-order valence-electron chi connectivity index (χ1n) is 11.1. The number of cyclic esters (lactones) is 1. The summed E-state index contributed by atoms with van der Waals surface area (Å²) in [6.07, 6.45) is 8.52. The number of rotatable bonds is 6. The van der Waals surface area contributed by atoms with Crippen molar-refractivity contribution in [1.29, 1.82) is 0 Å². The summed E-state index contributed by atoms with van der Waals surface area (Å²) in [5.41, 5.74) is 2.99. The van der Waals surface area contributed by atoms with Crippen LogP contribution in [0.3, 0.4) is 0 Å². The van der Waals surface area contributed by atoms with Gasteiger partial charge >= 0.3 is 5.97 Å². The molecule has 0 bridgehead atoms. The molecule has 166 valence electrons. The fourth-order valence-electron chi connectivity index (χ4n) is 5.03. The molecule has 0 saturated heterocycles. The summed E-state index contributed by atoms with van der Waals surface area (Å²) in [6, 6.07) is 6.31. The zero-order valence-electron chi connectivity index (χ0n) is 18.7. The molecule has 0 radical (unpaired) electrons. The Hall–Kier alpha value is -3.35. The average Bonchev–Trinajstić information content (AvgIpc) is 3.48. The van der Waals surface area contributed by atoms with Crippen molar-refractivity contribution in [1.82, 2.24) is 9.97 Å². The topological polar surface area (TPSA) is 73.8 Å². The lowest BCUT2D eigenvalue weighted by Crippen LogP contribution is -2.34.